The van der Waals surface area contributed by atoms with Gasteiger partial charge in [-0.2, -0.15) is 0 Å². The molecular formula is C13H22F2N2O3. The Hall–Kier alpha value is -1.24. The average Bonchev–Trinajstić information content (AvgIpc) is 2.33. The number of rotatable bonds is 4. The molecule has 2 N–H and O–H groups in total. The standard InChI is InChI=1S/C13H22F2N2O3/c1-13(2,3)12(20)17-6-8(11(18)19)4-9(7-17)16-5-10(14)15/h8-10,16H,4-7H2,1-3H3,(H,18,19). The van der Waals surface area contributed by atoms with E-state index in [0.29, 0.717) is 0 Å². The van der Waals surface area contributed by atoms with Crippen molar-refractivity contribution >= 4 is 11.9 Å². The highest BCUT2D eigenvalue weighted by atomic mass is 19.3. The number of carboxylic acid groups (broad SMARTS) is 1. The number of hydrogen-bond donors (Lipinski definition) is 2. The van der Waals surface area contributed by atoms with E-state index >= 15 is 0 Å². The first kappa shape index (κ1) is 16.8. The van der Waals surface area contributed by atoms with Crippen molar-refractivity contribution in [1.29, 1.82) is 0 Å². The summed E-state index contributed by atoms with van der Waals surface area (Å²) in [6.07, 6.45) is -2.23. The van der Waals surface area contributed by atoms with Crippen LogP contribution in [0.1, 0.15) is 27.2 Å². The molecule has 0 bridgehead atoms. The zero-order chi connectivity index (χ0) is 15.5. The highest BCUT2D eigenvalue weighted by Gasteiger charge is 2.37. The predicted molar refractivity (Wildman–Crippen MR) is 69.6 cm³/mol. The van der Waals surface area contributed by atoms with Crippen LogP contribution in [-0.4, -0.2) is 54.0 Å². The molecule has 1 heterocycles. The van der Waals surface area contributed by atoms with Gasteiger partial charge < -0.3 is 15.3 Å². The molecule has 0 radical (unpaired) electrons. The second-order valence-corrected chi connectivity index (χ2v) is 6.23. The second kappa shape index (κ2) is 6.47. The maximum Gasteiger partial charge on any atom is 0.308 e. The van der Waals surface area contributed by atoms with Crippen LogP contribution in [0.25, 0.3) is 0 Å². The molecule has 1 rings (SSSR count). The normalized spacial score (nSPS) is 24.0. The molecule has 0 aliphatic carbocycles. The number of carbonyl (C=O) groups excluding carboxylic acids is 1. The number of hydrogen-bond acceptors (Lipinski definition) is 3. The minimum Gasteiger partial charge on any atom is -0.481 e. The molecule has 0 aromatic carbocycles. The van der Waals surface area contributed by atoms with Gasteiger partial charge in [-0.3, -0.25) is 9.59 Å². The van der Waals surface area contributed by atoms with Crippen molar-refractivity contribution in [2.45, 2.75) is 39.7 Å². The van der Waals surface area contributed by atoms with Crippen molar-refractivity contribution in [2.24, 2.45) is 11.3 Å². The lowest BCUT2D eigenvalue weighted by Crippen LogP contribution is -2.55. The van der Waals surface area contributed by atoms with Crippen molar-refractivity contribution in [1.82, 2.24) is 10.2 Å². The molecule has 1 amide bonds. The lowest BCUT2D eigenvalue weighted by atomic mass is 9.89. The van der Waals surface area contributed by atoms with Gasteiger partial charge in [0.2, 0.25) is 5.91 Å². The molecule has 1 aliphatic heterocycles. The zero-order valence-electron chi connectivity index (χ0n) is 12.0. The molecule has 2 unspecified atom stereocenters. The second-order valence-electron chi connectivity index (χ2n) is 6.23. The van der Waals surface area contributed by atoms with E-state index in [1.54, 1.807) is 20.8 Å². The molecule has 0 spiro atoms. The molecule has 1 aliphatic rings. The molecule has 0 aromatic heterocycles. The lowest BCUT2D eigenvalue weighted by Gasteiger charge is -2.39. The van der Waals surface area contributed by atoms with E-state index < -0.39 is 36.3 Å². The molecule has 0 aromatic rings. The van der Waals surface area contributed by atoms with Crippen LogP contribution in [0.15, 0.2) is 0 Å². The van der Waals surface area contributed by atoms with Crippen LogP contribution in [0.2, 0.25) is 0 Å². The van der Waals surface area contributed by atoms with Crippen LogP contribution in [0.5, 0.6) is 0 Å². The summed E-state index contributed by atoms with van der Waals surface area (Å²) >= 11 is 0. The van der Waals surface area contributed by atoms with Gasteiger partial charge in [0.15, 0.2) is 0 Å². The predicted octanol–water partition coefficient (Wildman–Crippen LogP) is 1.19. The number of piperidine rings is 1. The topological polar surface area (TPSA) is 69.6 Å². The van der Waals surface area contributed by atoms with Gasteiger partial charge in [0.25, 0.3) is 6.43 Å². The number of nitrogens with one attached hydrogen (secondary N) is 1. The first-order valence-electron chi connectivity index (χ1n) is 6.65. The number of carboxylic acids is 1. The van der Waals surface area contributed by atoms with Gasteiger partial charge in [-0.1, -0.05) is 20.8 Å². The van der Waals surface area contributed by atoms with Crippen LogP contribution < -0.4 is 5.32 Å². The van der Waals surface area contributed by atoms with Gasteiger partial charge in [-0.25, -0.2) is 8.78 Å². The first-order valence-corrected chi connectivity index (χ1v) is 6.65. The summed E-state index contributed by atoms with van der Waals surface area (Å²) in [5.74, 6) is -1.88. The molecule has 20 heavy (non-hydrogen) atoms. The van der Waals surface area contributed by atoms with Crippen LogP contribution in [0, 0.1) is 11.3 Å². The average molecular weight is 292 g/mol. The summed E-state index contributed by atoms with van der Waals surface area (Å²) in [5.41, 5.74) is -0.617. The maximum absolute atomic E-state index is 12.2. The SMILES string of the molecule is CC(C)(C)C(=O)N1CC(NCC(F)F)CC(C(=O)O)C1. The fourth-order valence-corrected chi connectivity index (χ4v) is 2.32. The Balaban J connectivity index is 2.75. The first-order chi connectivity index (χ1) is 9.11. The summed E-state index contributed by atoms with van der Waals surface area (Å²) in [6.45, 7) is 5.17. The molecule has 116 valence electrons. The zero-order valence-corrected chi connectivity index (χ0v) is 12.0. The quantitative estimate of drug-likeness (QED) is 0.816. The number of alkyl halides is 2. The van der Waals surface area contributed by atoms with Gasteiger partial charge in [0.1, 0.15) is 0 Å². The fraction of sp³-hybridized carbons (Fsp3) is 0.846. The monoisotopic (exact) mass is 292 g/mol. The molecule has 5 nitrogen and oxygen atoms in total. The van der Waals surface area contributed by atoms with E-state index in [1.807, 2.05) is 0 Å². The summed E-state index contributed by atoms with van der Waals surface area (Å²) in [7, 11) is 0. The van der Waals surface area contributed by atoms with Crippen LogP contribution >= 0.6 is 0 Å². The van der Waals surface area contributed by atoms with Crippen molar-refractivity contribution in [3.05, 3.63) is 0 Å². The summed E-state index contributed by atoms with van der Waals surface area (Å²) < 4.78 is 24.5. The highest BCUT2D eigenvalue weighted by Crippen LogP contribution is 2.24. The largest absolute Gasteiger partial charge is 0.481 e. The van der Waals surface area contributed by atoms with Crippen molar-refractivity contribution in [3.63, 3.8) is 0 Å². The maximum atomic E-state index is 12.2. The minimum absolute atomic E-state index is 0.137. The third-order valence-corrected chi connectivity index (χ3v) is 3.29. The number of amides is 1. The molecule has 2 atom stereocenters. The summed E-state index contributed by atoms with van der Waals surface area (Å²) in [6, 6.07) is -0.412. The van der Waals surface area contributed by atoms with Crippen LogP contribution in [0.3, 0.4) is 0 Å². The number of likely N-dealkylation sites (tertiary alicyclic amines) is 1. The summed E-state index contributed by atoms with van der Waals surface area (Å²) in [4.78, 5) is 24.8. The molecular weight excluding hydrogens is 270 g/mol. The van der Waals surface area contributed by atoms with Crippen LogP contribution in [-0.2, 0) is 9.59 Å². The van der Waals surface area contributed by atoms with Crippen molar-refractivity contribution in [2.75, 3.05) is 19.6 Å². The number of halogens is 2. The Morgan fingerprint density at radius 2 is 1.95 bits per heavy atom. The fourth-order valence-electron chi connectivity index (χ4n) is 2.32. The van der Waals surface area contributed by atoms with E-state index in [-0.39, 0.29) is 25.4 Å². The number of nitrogens with zero attached hydrogens (tertiary/aromatic N) is 1. The van der Waals surface area contributed by atoms with Crippen LogP contribution in [0.4, 0.5) is 8.78 Å². The smallest absolute Gasteiger partial charge is 0.308 e. The molecule has 1 saturated heterocycles. The highest BCUT2D eigenvalue weighted by molar-refractivity contribution is 5.82. The van der Waals surface area contributed by atoms with Gasteiger partial charge >= 0.3 is 5.97 Å². The van der Waals surface area contributed by atoms with Gasteiger partial charge in [-0.05, 0) is 6.42 Å². The van der Waals surface area contributed by atoms with E-state index in [4.69, 9.17) is 5.11 Å². The van der Waals surface area contributed by atoms with Gasteiger partial charge in [0.05, 0.1) is 12.5 Å². The molecule has 7 heteroatoms. The Morgan fingerprint density at radius 3 is 2.40 bits per heavy atom. The van der Waals surface area contributed by atoms with E-state index in [1.165, 1.54) is 4.90 Å². The van der Waals surface area contributed by atoms with E-state index in [2.05, 4.69) is 5.32 Å². The van der Waals surface area contributed by atoms with Crippen molar-refractivity contribution in [3.8, 4) is 0 Å². The minimum atomic E-state index is -2.49. The Kier molecular flexibility index (Phi) is 5.44. The Labute approximate surface area is 117 Å². The van der Waals surface area contributed by atoms with Gasteiger partial charge in [-0.15, -0.1) is 0 Å². The summed E-state index contributed by atoms with van der Waals surface area (Å²) in [5, 5.41) is 11.8. The lowest BCUT2D eigenvalue weighted by molar-refractivity contribution is -0.149. The number of carbonyl (C=O) groups is 2. The third kappa shape index (κ3) is 4.70. The number of aliphatic carboxylic acids is 1. The van der Waals surface area contributed by atoms with E-state index in [9.17, 15) is 18.4 Å². The molecule has 1 fully saturated rings. The Morgan fingerprint density at radius 1 is 1.35 bits per heavy atom. The van der Waals surface area contributed by atoms with E-state index in [0.717, 1.165) is 0 Å². The molecule has 0 saturated carbocycles. The Bertz CT molecular complexity index is 369. The van der Waals surface area contributed by atoms with Gasteiger partial charge in [0, 0.05) is 24.5 Å². The third-order valence-electron chi connectivity index (χ3n) is 3.29. The van der Waals surface area contributed by atoms with Crippen molar-refractivity contribution < 1.29 is 23.5 Å².